The highest BCUT2D eigenvalue weighted by Crippen LogP contribution is 2.31. The van der Waals surface area contributed by atoms with Crippen LogP contribution in [0.1, 0.15) is 44.2 Å². The van der Waals surface area contributed by atoms with Crippen molar-refractivity contribution in [3.8, 4) is 0 Å². The van der Waals surface area contributed by atoms with Crippen LogP contribution in [0.3, 0.4) is 0 Å². The molecule has 3 unspecified atom stereocenters. The predicted octanol–water partition coefficient (Wildman–Crippen LogP) is 4.32. The summed E-state index contributed by atoms with van der Waals surface area (Å²) in [6, 6.07) is 5.67. The summed E-state index contributed by atoms with van der Waals surface area (Å²) in [5, 5.41) is 0.674. The summed E-state index contributed by atoms with van der Waals surface area (Å²) < 4.78 is 6.02. The molecule has 20 heavy (non-hydrogen) atoms. The zero-order valence-electron chi connectivity index (χ0n) is 12.1. The van der Waals surface area contributed by atoms with Crippen LogP contribution in [-0.2, 0) is 11.3 Å². The molecule has 1 fully saturated rings. The van der Waals surface area contributed by atoms with E-state index < -0.39 is 0 Å². The molecule has 0 bridgehead atoms. The van der Waals surface area contributed by atoms with Crippen LogP contribution in [-0.4, -0.2) is 11.1 Å². The van der Waals surface area contributed by atoms with Gasteiger partial charge in [0.25, 0.3) is 0 Å². The number of hydrogen-bond acceptors (Lipinski definition) is 2. The predicted molar refractivity (Wildman–Crippen MR) is 88.1 cm³/mol. The number of hydrogen-bond donors (Lipinski definition) is 1. The Bertz CT molecular complexity index is 491. The van der Waals surface area contributed by atoms with E-state index in [0.29, 0.717) is 22.7 Å². The molecule has 1 aromatic rings. The van der Waals surface area contributed by atoms with Crippen LogP contribution in [0.2, 0.25) is 5.02 Å². The molecule has 0 aromatic heterocycles. The lowest BCUT2D eigenvalue weighted by atomic mass is 9.80. The lowest BCUT2D eigenvalue weighted by Crippen LogP contribution is -2.26. The van der Waals surface area contributed by atoms with E-state index in [1.165, 1.54) is 6.42 Å². The number of thiocarbonyl (C=S) groups is 1. The van der Waals surface area contributed by atoms with Crippen molar-refractivity contribution in [3.05, 3.63) is 34.3 Å². The Labute approximate surface area is 131 Å². The summed E-state index contributed by atoms with van der Waals surface area (Å²) >= 11 is 11.2. The molecule has 0 amide bonds. The van der Waals surface area contributed by atoms with Crippen LogP contribution in [0.15, 0.2) is 18.2 Å². The van der Waals surface area contributed by atoms with Gasteiger partial charge in [0.2, 0.25) is 0 Å². The van der Waals surface area contributed by atoms with Crippen LogP contribution >= 0.6 is 23.8 Å². The highest BCUT2D eigenvalue weighted by molar-refractivity contribution is 7.80. The third-order valence-electron chi connectivity index (χ3n) is 4.36. The summed E-state index contributed by atoms with van der Waals surface area (Å²) in [7, 11) is 0. The molecule has 2 N–H and O–H groups in total. The lowest BCUT2D eigenvalue weighted by Gasteiger charge is -2.32. The zero-order valence-corrected chi connectivity index (χ0v) is 13.6. The minimum absolute atomic E-state index is 0.354. The van der Waals surface area contributed by atoms with E-state index in [2.05, 4.69) is 13.8 Å². The molecule has 2 rings (SSSR count). The van der Waals surface area contributed by atoms with Crippen molar-refractivity contribution in [2.24, 2.45) is 17.6 Å². The molecule has 1 aliphatic rings. The second-order valence-electron chi connectivity index (χ2n) is 5.87. The van der Waals surface area contributed by atoms with Gasteiger partial charge in [-0.2, -0.15) is 0 Å². The quantitative estimate of drug-likeness (QED) is 0.841. The average Bonchev–Trinajstić information content (AvgIpc) is 2.41. The van der Waals surface area contributed by atoms with Gasteiger partial charge in [-0.15, -0.1) is 0 Å². The molecule has 1 aromatic carbocycles. The van der Waals surface area contributed by atoms with Gasteiger partial charge in [-0.05, 0) is 42.7 Å². The van der Waals surface area contributed by atoms with E-state index in [4.69, 9.17) is 34.3 Å². The van der Waals surface area contributed by atoms with Crippen molar-refractivity contribution in [1.82, 2.24) is 0 Å². The molecule has 1 saturated carbocycles. The Hall–Kier alpha value is -0.640. The number of nitrogens with two attached hydrogens (primary N) is 1. The van der Waals surface area contributed by atoms with Crippen molar-refractivity contribution in [2.45, 2.75) is 45.8 Å². The average molecular weight is 312 g/mol. The molecule has 0 heterocycles. The Morgan fingerprint density at radius 1 is 1.35 bits per heavy atom. The van der Waals surface area contributed by atoms with Gasteiger partial charge in [-0.25, -0.2) is 0 Å². The fourth-order valence-electron chi connectivity index (χ4n) is 2.67. The van der Waals surface area contributed by atoms with E-state index in [1.54, 1.807) is 0 Å². The standard InChI is InChI=1S/C16H22ClNOS/c1-10-3-6-14(7-11(10)2)19-9-13-5-4-12(16(18)20)8-15(13)17/h4-5,8,10-11,14H,3,6-7,9H2,1-2H3,(H2,18,20). The largest absolute Gasteiger partial charge is 0.389 e. The van der Waals surface area contributed by atoms with Gasteiger partial charge >= 0.3 is 0 Å². The Morgan fingerprint density at radius 3 is 2.70 bits per heavy atom. The van der Waals surface area contributed by atoms with Crippen molar-refractivity contribution in [1.29, 1.82) is 0 Å². The minimum Gasteiger partial charge on any atom is -0.389 e. The Balaban J connectivity index is 1.93. The van der Waals surface area contributed by atoms with Gasteiger partial charge in [0.1, 0.15) is 4.99 Å². The number of ether oxygens (including phenoxy) is 1. The van der Waals surface area contributed by atoms with Crippen molar-refractivity contribution in [3.63, 3.8) is 0 Å². The van der Waals surface area contributed by atoms with Gasteiger partial charge in [-0.1, -0.05) is 49.8 Å². The number of rotatable bonds is 4. The lowest BCUT2D eigenvalue weighted by molar-refractivity contribution is -0.00741. The first-order valence-corrected chi connectivity index (χ1v) is 7.95. The first-order valence-electron chi connectivity index (χ1n) is 7.17. The second-order valence-corrected chi connectivity index (χ2v) is 6.72. The number of halogens is 1. The molecule has 3 atom stereocenters. The van der Waals surface area contributed by atoms with Crippen LogP contribution in [0.25, 0.3) is 0 Å². The highest BCUT2D eigenvalue weighted by Gasteiger charge is 2.25. The molecule has 0 spiro atoms. The van der Waals surface area contributed by atoms with Crippen LogP contribution < -0.4 is 5.73 Å². The first-order chi connectivity index (χ1) is 9.47. The smallest absolute Gasteiger partial charge is 0.104 e. The molecular formula is C16H22ClNOS. The topological polar surface area (TPSA) is 35.2 Å². The van der Waals surface area contributed by atoms with Gasteiger partial charge in [0.15, 0.2) is 0 Å². The summed E-state index contributed by atoms with van der Waals surface area (Å²) in [6.45, 7) is 5.19. The second kappa shape index (κ2) is 6.88. The monoisotopic (exact) mass is 311 g/mol. The Kier molecular flexibility index (Phi) is 5.42. The molecule has 0 saturated heterocycles. The molecule has 2 nitrogen and oxygen atoms in total. The van der Waals surface area contributed by atoms with Gasteiger partial charge in [0, 0.05) is 10.6 Å². The molecular weight excluding hydrogens is 290 g/mol. The van der Waals surface area contributed by atoms with Crippen molar-refractivity contribution < 1.29 is 4.74 Å². The fourth-order valence-corrected chi connectivity index (χ4v) is 3.04. The molecule has 1 aliphatic carbocycles. The van der Waals surface area contributed by atoms with E-state index in [1.807, 2.05) is 18.2 Å². The van der Waals surface area contributed by atoms with E-state index >= 15 is 0 Å². The van der Waals surface area contributed by atoms with Gasteiger partial charge in [0.05, 0.1) is 12.7 Å². The SMILES string of the molecule is CC1CCC(OCc2ccc(C(N)=S)cc2Cl)CC1C. The minimum atomic E-state index is 0.354. The van der Waals surface area contributed by atoms with Crippen LogP contribution in [0, 0.1) is 11.8 Å². The van der Waals surface area contributed by atoms with Gasteiger partial charge < -0.3 is 10.5 Å². The molecule has 110 valence electrons. The maximum Gasteiger partial charge on any atom is 0.104 e. The van der Waals surface area contributed by atoms with Crippen LogP contribution in [0.5, 0.6) is 0 Å². The first kappa shape index (κ1) is 15.7. The third-order valence-corrected chi connectivity index (χ3v) is 4.95. The number of benzene rings is 1. The van der Waals surface area contributed by atoms with Crippen molar-refractivity contribution in [2.75, 3.05) is 0 Å². The maximum absolute atomic E-state index is 6.25. The summed E-state index contributed by atoms with van der Waals surface area (Å²) in [5.74, 6) is 1.55. The molecule has 0 radical (unpaired) electrons. The van der Waals surface area contributed by atoms with E-state index in [9.17, 15) is 0 Å². The highest BCUT2D eigenvalue weighted by atomic mass is 35.5. The van der Waals surface area contributed by atoms with Gasteiger partial charge in [-0.3, -0.25) is 0 Å². The summed E-state index contributed by atoms with van der Waals surface area (Å²) in [4.78, 5) is 0.370. The molecule has 0 aliphatic heterocycles. The Morgan fingerprint density at radius 2 is 2.10 bits per heavy atom. The normalized spacial score (nSPS) is 26.4. The maximum atomic E-state index is 6.25. The third kappa shape index (κ3) is 3.94. The molecule has 4 heteroatoms. The van der Waals surface area contributed by atoms with E-state index in [-0.39, 0.29) is 0 Å². The van der Waals surface area contributed by atoms with Crippen LogP contribution in [0.4, 0.5) is 0 Å². The fraction of sp³-hybridized carbons (Fsp3) is 0.562. The van der Waals surface area contributed by atoms with Crippen molar-refractivity contribution >= 4 is 28.8 Å². The summed E-state index contributed by atoms with van der Waals surface area (Å²) in [6.07, 6.45) is 3.89. The zero-order chi connectivity index (χ0) is 14.7. The van der Waals surface area contributed by atoms with E-state index in [0.717, 1.165) is 35.8 Å². The summed E-state index contributed by atoms with van der Waals surface area (Å²) in [5.41, 5.74) is 7.39.